The maximum atomic E-state index is 13.8. The summed E-state index contributed by atoms with van der Waals surface area (Å²) < 4.78 is 49.9. The Balaban J connectivity index is 0.899. The quantitative estimate of drug-likeness (QED) is 0.0519. The molecule has 10 rings (SSSR count). The van der Waals surface area contributed by atoms with Crippen molar-refractivity contribution in [3.05, 3.63) is 29.8 Å². The Labute approximate surface area is 448 Å². The number of esters is 1. The summed E-state index contributed by atoms with van der Waals surface area (Å²) in [6.45, 7) is 10.4. The summed E-state index contributed by atoms with van der Waals surface area (Å²) in [5.41, 5.74) is -5.86. The van der Waals surface area contributed by atoms with Gasteiger partial charge in [0.1, 0.15) is 90.7 Å². The van der Waals surface area contributed by atoms with Crippen LogP contribution in [0.2, 0.25) is 0 Å². The molecule has 4 saturated heterocycles. The number of aliphatic hydroxyl groups excluding tert-OH is 10. The van der Waals surface area contributed by atoms with Crippen LogP contribution in [0.3, 0.4) is 0 Å². The Morgan fingerprint density at radius 1 is 0.740 bits per heavy atom. The first-order valence-corrected chi connectivity index (χ1v) is 27.6. The topological polar surface area (TPSA) is 346 Å². The first kappa shape index (κ1) is 57.7. The number of ether oxygens (including phenoxy) is 8. The van der Waals surface area contributed by atoms with Gasteiger partial charge in [-0.2, -0.15) is 0 Å². The molecule has 1 aromatic rings. The van der Waals surface area contributed by atoms with Crippen molar-refractivity contribution in [2.24, 2.45) is 44.3 Å². The molecule has 4 heterocycles. The monoisotopic (exact) mass is 1090 g/mol. The van der Waals surface area contributed by atoms with E-state index >= 15 is 0 Å². The van der Waals surface area contributed by atoms with Gasteiger partial charge in [0.2, 0.25) is 0 Å². The molecule has 22 heteroatoms. The van der Waals surface area contributed by atoms with Crippen LogP contribution < -0.4 is 5.32 Å². The molecule has 9 fully saturated rings. The zero-order chi connectivity index (χ0) is 55.8. The molecule has 22 nitrogen and oxygen atoms in total. The van der Waals surface area contributed by atoms with Crippen LogP contribution in [-0.4, -0.2) is 217 Å². The Kier molecular flexibility index (Phi) is 15.1. The molecule has 9 aliphatic rings. The number of aldehydes is 1. The Bertz CT molecular complexity index is 2350. The number of para-hydroxylation sites is 1. The fourth-order valence-corrected chi connectivity index (χ4v) is 17.2. The van der Waals surface area contributed by atoms with Crippen molar-refractivity contribution >= 4 is 17.9 Å². The standard InChI is InChI=1S/C55H83NO21/c1-48(24-59)23-54(69)49(2,19-35(48)74-44(68)26-10-8-9-11-27(26)56-7)16-17-53(6)52(5)15-12-31-50(3,32(52)18-34-55(53,54)77-34)14-13-33(51(31,4)25-60)75-47-43(76-46-42(67)40(65)37(62)29(21-58)72-46)38(63)30(22-70-47)73-45-41(66)39(64)36(61)28(20-57)71-45/h8-11,24,28-43,45-47,56-58,60-67,69H,12-23,25H2,1-7H3/t28-,29-,30+,31-,32-,33+,34-,35+,36-,37-,38+,39+,40+,41-,42-,43-,45+,46+,47+,48+,49+,50+,51+,52-,53+,54+,55-/m1/s1. The third-order valence-electron chi connectivity index (χ3n) is 22.1. The van der Waals surface area contributed by atoms with E-state index in [1.165, 1.54) is 0 Å². The number of carbonyl (C=O) groups excluding carboxylic acids is 2. The molecule has 1 aromatic carbocycles. The number of nitrogens with one attached hydrogen (secondary N) is 1. The molecule has 0 bridgehead atoms. The average molecular weight is 1090 g/mol. The van der Waals surface area contributed by atoms with Crippen molar-refractivity contribution in [3.8, 4) is 0 Å². The lowest BCUT2D eigenvalue weighted by Crippen LogP contribution is -2.78. The number of hydrogen-bond acceptors (Lipinski definition) is 22. The van der Waals surface area contributed by atoms with E-state index in [9.17, 15) is 65.8 Å². The number of epoxide rings is 1. The van der Waals surface area contributed by atoms with Crippen molar-refractivity contribution in [2.75, 3.05) is 38.8 Å². The fourth-order valence-electron chi connectivity index (χ4n) is 17.2. The van der Waals surface area contributed by atoms with Gasteiger partial charge in [-0.25, -0.2) is 4.79 Å². The minimum Gasteiger partial charge on any atom is -0.458 e. The summed E-state index contributed by atoms with van der Waals surface area (Å²) in [5.74, 6) is -0.662. The molecule has 0 amide bonds. The van der Waals surface area contributed by atoms with E-state index in [2.05, 4.69) is 33.0 Å². The third kappa shape index (κ3) is 8.31. The smallest absolute Gasteiger partial charge is 0.340 e. The molecule has 12 N–H and O–H groups in total. The molecule has 0 aromatic heterocycles. The second kappa shape index (κ2) is 20.1. The van der Waals surface area contributed by atoms with Crippen LogP contribution in [0, 0.1) is 44.3 Å². The van der Waals surface area contributed by atoms with E-state index in [1.54, 1.807) is 32.2 Å². The number of fused-ring (bicyclic) bond motifs is 5. The lowest BCUT2D eigenvalue weighted by atomic mass is 9.30. The first-order chi connectivity index (χ1) is 36.3. The van der Waals surface area contributed by atoms with Gasteiger partial charge in [-0.05, 0) is 99.5 Å². The maximum absolute atomic E-state index is 13.8. The molecule has 5 aliphatic carbocycles. The zero-order valence-electron chi connectivity index (χ0n) is 45.1. The van der Waals surface area contributed by atoms with E-state index in [4.69, 9.17) is 37.9 Å². The summed E-state index contributed by atoms with van der Waals surface area (Å²) >= 11 is 0. The highest BCUT2D eigenvalue weighted by molar-refractivity contribution is 5.95. The number of hydrogen-bond donors (Lipinski definition) is 12. The largest absolute Gasteiger partial charge is 0.458 e. The van der Waals surface area contributed by atoms with Crippen LogP contribution in [-0.2, 0) is 42.7 Å². The summed E-state index contributed by atoms with van der Waals surface area (Å²) in [7, 11) is 1.72. The lowest BCUT2D eigenvalue weighted by molar-refractivity contribution is -0.383. The predicted molar refractivity (Wildman–Crippen MR) is 266 cm³/mol. The number of rotatable bonds is 13. The summed E-state index contributed by atoms with van der Waals surface area (Å²) in [5, 5.41) is 124. The van der Waals surface area contributed by atoms with Gasteiger partial charge in [-0.3, -0.25) is 0 Å². The van der Waals surface area contributed by atoms with Gasteiger partial charge in [-0.15, -0.1) is 0 Å². The molecule has 0 radical (unpaired) electrons. The molecular formula is C55H83NO21. The molecular weight excluding hydrogens is 1010 g/mol. The van der Waals surface area contributed by atoms with Crippen LogP contribution in [0.1, 0.15) is 110 Å². The predicted octanol–water partition coefficient (Wildman–Crippen LogP) is -0.365. The molecule has 77 heavy (non-hydrogen) atoms. The summed E-state index contributed by atoms with van der Waals surface area (Å²) in [6, 6.07) is 7.04. The molecule has 4 aliphatic heterocycles. The van der Waals surface area contributed by atoms with Gasteiger partial charge in [0.05, 0.1) is 49.6 Å². The van der Waals surface area contributed by atoms with E-state index in [0.717, 1.165) is 6.29 Å². The van der Waals surface area contributed by atoms with E-state index in [-0.39, 0.29) is 37.4 Å². The highest BCUT2D eigenvalue weighted by atomic mass is 16.8. The molecule has 5 saturated carbocycles. The SMILES string of the molecule is CNc1ccccc1C(=O)O[C@H]1C[C@]2(C)CC[C@]3(C)[C@@]4(O[C@@H]4C[C@@H]4[C@@]5(C)CC[C@H](O[C@@H]6OC[C@H](O[C@@H]7O[C@H](CO)[C@@H](O)[C@H](O)[C@H]7O)[C@H](O)[C@H]6O[C@@H]6O[C@H](CO)[C@@H](O)[C@H](O)[C@H]6O)[C@@](C)(CO)[C@@H]5CC[C@]43C)[C@]2(O)C[C@@]1(C)C=O. The van der Waals surface area contributed by atoms with Crippen molar-refractivity contribution in [3.63, 3.8) is 0 Å². The summed E-state index contributed by atoms with van der Waals surface area (Å²) in [4.78, 5) is 27.2. The second-order valence-electron chi connectivity index (χ2n) is 25.8. The molecule has 0 unspecified atom stereocenters. The fraction of sp³-hybridized carbons (Fsp3) is 0.855. The maximum Gasteiger partial charge on any atom is 0.340 e. The van der Waals surface area contributed by atoms with Gasteiger partial charge in [0.15, 0.2) is 18.9 Å². The Morgan fingerprint density at radius 3 is 1.99 bits per heavy atom. The average Bonchev–Trinajstić information content (AvgIpc) is 3.92. The van der Waals surface area contributed by atoms with Crippen LogP contribution in [0.25, 0.3) is 0 Å². The molecule has 434 valence electrons. The minimum atomic E-state index is -1.89. The van der Waals surface area contributed by atoms with Gasteiger partial charge in [0.25, 0.3) is 0 Å². The Morgan fingerprint density at radius 2 is 1.38 bits per heavy atom. The van der Waals surface area contributed by atoms with Gasteiger partial charge in [-0.1, -0.05) is 46.8 Å². The van der Waals surface area contributed by atoms with Crippen molar-refractivity contribution in [1.82, 2.24) is 0 Å². The van der Waals surface area contributed by atoms with E-state index in [1.807, 2.05) is 13.0 Å². The summed E-state index contributed by atoms with van der Waals surface area (Å²) in [6.07, 6.45) is -19.7. The second-order valence-corrected chi connectivity index (χ2v) is 25.8. The van der Waals surface area contributed by atoms with Crippen molar-refractivity contribution in [2.45, 2.75) is 215 Å². The third-order valence-corrected chi connectivity index (χ3v) is 22.1. The number of anilines is 1. The van der Waals surface area contributed by atoms with Gasteiger partial charge >= 0.3 is 5.97 Å². The molecule has 27 atom stereocenters. The number of carbonyl (C=O) groups is 2. The van der Waals surface area contributed by atoms with Crippen LogP contribution in [0.5, 0.6) is 0 Å². The van der Waals surface area contributed by atoms with Crippen LogP contribution in [0.4, 0.5) is 5.69 Å². The van der Waals surface area contributed by atoms with E-state index < -0.39 is 168 Å². The minimum absolute atomic E-state index is 0.0384. The van der Waals surface area contributed by atoms with Crippen molar-refractivity contribution < 1.29 is 104 Å². The first-order valence-electron chi connectivity index (χ1n) is 27.6. The van der Waals surface area contributed by atoms with Gasteiger partial charge in [0, 0.05) is 29.0 Å². The van der Waals surface area contributed by atoms with Crippen molar-refractivity contribution in [1.29, 1.82) is 0 Å². The lowest BCUT2D eigenvalue weighted by Gasteiger charge is -2.74. The highest BCUT2D eigenvalue weighted by Gasteiger charge is 2.89. The normalized spacial score (nSPS) is 54.1. The number of benzene rings is 1. The van der Waals surface area contributed by atoms with Crippen LogP contribution in [0.15, 0.2) is 24.3 Å². The number of aliphatic hydroxyl groups is 11. The van der Waals surface area contributed by atoms with Gasteiger partial charge < -0.3 is 104 Å². The molecule has 1 spiro atoms. The zero-order valence-corrected chi connectivity index (χ0v) is 45.1. The van der Waals surface area contributed by atoms with Crippen LogP contribution >= 0.6 is 0 Å². The highest BCUT2D eigenvalue weighted by Crippen LogP contribution is 2.84. The Hall–Kier alpha value is -2.56. The van der Waals surface area contributed by atoms with E-state index in [0.29, 0.717) is 56.2 Å².